The molecule has 1 atom stereocenters. The Morgan fingerprint density at radius 3 is 2.84 bits per heavy atom. The summed E-state index contributed by atoms with van der Waals surface area (Å²) in [6.07, 6.45) is 6.12. The molecule has 4 rings (SSSR count). The predicted octanol–water partition coefficient (Wildman–Crippen LogP) is 4.23. The fourth-order valence-corrected chi connectivity index (χ4v) is 3.30. The first-order valence-corrected chi connectivity index (χ1v) is 8.83. The third kappa shape index (κ3) is 3.89. The molecule has 0 fully saturated rings. The number of fused-ring (bicyclic) bond motifs is 1. The topological polar surface area (TPSA) is 34.2 Å². The summed E-state index contributed by atoms with van der Waals surface area (Å²) in [5.41, 5.74) is 4.95. The van der Waals surface area contributed by atoms with Crippen molar-refractivity contribution in [2.75, 3.05) is 6.54 Å². The number of pyridine rings is 1. The van der Waals surface area contributed by atoms with E-state index < -0.39 is 0 Å². The van der Waals surface area contributed by atoms with Gasteiger partial charge in [-0.05, 0) is 53.3 Å². The number of nitrogens with one attached hydrogen (secondary N) is 1. The van der Waals surface area contributed by atoms with Crippen molar-refractivity contribution in [1.82, 2.24) is 10.3 Å². The Hall–Kier alpha value is -2.65. The lowest BCUT2D eigenvalue weighted by Gasteiger charge is -2.26. The third-order valence-corrected chi connectivity index (χ3v) is 4.62. The van der Waals surface area contributed by atoms with E-state index in [1.54, 1.807) is 6.20 Å². The number of hydrogen-bond acceptors (Lipinski definition) is 3. The Kier molecular flexibility index (Phi) is 4.75. The number of benzene rings is 2. The largest absolute Gasteiger partial charge is 0.489 e. The van der Waals surface area contributed by atoms with Crippen LogP contribution in [0.1, 0.15) is 17.5 Å². The molecule has 1 aromatic heterocycles. The lowest BCUT2D eigenvalue weighted by atomic mass is 10.0. The van der Waals surface area contributed by atoms with Gasteiger partial charge in [-0.1, -0.05) is 42.5 Å². The Balaban J connectivity index is 1.34. The van der Waals surface area contributed by atoms with Gasteiger partial charge in [-0.2, -0.15) is 0 Å². The van der Waals surface area contributed by atoms with Gasteiger partial charge in [0.25, 0.3) is 0 Å². The normalized spacial score (nSPS) is 16.1. The predicted molar refractivity (Wildman–Crippen MR) is 101 cm³/mol. The zero-order valence-corrected chi connectivity index (χ0v) is 14.2. The number of aromatic nitrogens is 1. The molecule has 0 amide bonds. The lowest BCUT2D eigenvalue weighted by Crippen LogP contribution is -2.33. The summed E-state index contributed by atoms with van der Waals surface area (Å²) in [7, 11) is 0. The van der Waals surface area contributed by atoms with E-state index >= 15 is 0 Å². The molecule has 1 unspecified atom stereocenters. The number of rotatable bonds is 5. The zero-order chi connectivity index (χ0) is 16.9. The summed E-state index contributed by atoms with van der Waals surface area (Å²) in [6.45, 7) is 1.71. The summed E-state index contributed by atoms with van der Waals surface area (Å²) in [5.74, 6) is 1.04. The van der Waals surface area contributed by atoms with Crippen LogP contribution >= 0.6 is 0 Å². The molecular formula is C22H22N2O. The Labute approximate surface area is 148 Å². The number of para-hydroxylation sites is 1. The fourth-order valence-electron chi connectivity index (χ4n) is 3.30. The van der Waals surface area contributed by atoms with E-state index in [9.17, 15) is 0 Å². The summed E-state index contributed by atoms with van der Waals surface area (Å²) in [6, 6.07) is 21.0. The molecule has 3 aromatic rings. The van der Waals surface area contributed by atoms with Crippen molar-refractivity contribution in [3.8, 4) is 16.9 Å². The molecule has 0 saturated heterocycles. The minimum absolute atomic E-state index is 0.247. The monoisotopic (exact) mass is 330 g/mol. The van der Waals surface area contributed by atoms with Crippen molar-refractivity contribution in [1.29, 1.82) is 0 Å². The highest BCUT2D eigenvalue weighted by molar-refractivity contribution is 5.62. The van der Waals surface area contributed by atoms with E-state index in [4.69, 9.17) is 4.74 Å². The van der Waals surface area contributed by atoms with Crippen molar-refractivity contribution in [2.24, 2.45) is 0 Å². The summed E-state index contributed by atoms with van der Waals surface area (Å²) < 4.78 is 6.09. The van der Waals surface area contributed by atoms with Crippen LogP contribution in [0.5, 0.6) is 5.75 Å². The second-order valence-corrected chi connectivity index (χ2v) is 6.46. The van der Waals surface area contributed by atoms with E-state index in [0.717, 1.165) is 37.2 Å². The van der Waals surface area contributed by atoms with Gasteiger partial charge in [0.15, 0.2) is 0 Å². The minimum Gasteiger partial charge on any atom is -0.489 e. The van der Waals surface area contributed by atoms with Gasteiger partial charge in [0.05, 0.1) is 0 Å². The second kappa shape index (κ2) is 7.49. The Morgan fingerprint density at radius 1 is 1.00 bits per heavy atom. The highest BCUT2D eigenvalue weighted by atomic mass is 16.5. The molecule has 0 aliphatic carbocycles. The van der Waals surface area contributed by atoms with Gasteiger partial charge in [-0.3, -0.25) is 4.98 Å². The number of hydrogen-bond donors (Lipinski definition) is 1. The molecule has 3 heteroatoms. The van der Waals surface area contributed by atoms with Gasteiger partial charge in [0, 0.05) is 25.5 Å². The molecule has 1 aliphatic heterocycles. The molecule has 1 N–H and O–H groups in total. The highest BCUT2D eigenvalue weighted by Crippen LogP contribution is 2.26. The first-order chi connectivity index (χ1) is 12.4. The molecule has 0 saturated carbocycles. The molecule has 1 aliphatic rings. The molecular weight excluding hydrogens is 308 g/mol. The lowest BCUT2D eigenvalue weighted by molar-refractivity contribution is 0.170. The number of aryl methyl sites for hydroxylation is 1. The first kappa shape index (κ1) is 15.9. The van der Waals surface area contributed by atoms with Gasteiger partial charge in [0.2, 0.25) is 0 Å². The van der Waals surface area contributed by atoms with Crippen molar-refractivity contribution in [2.45, 2.75) is 25.5 Å². The van der Waals surface area contributed by atoms with Crippen molar-refractivity contribution >= 4 is 0 Å². The SMILES string of the molecule is c1cncc(-c2cccc(CNCC3CCc4ccccc4O3)c2)c1. The zero-order valence-electron chi connectivity index (χ0n) is 14.2. The van der Waals surface area contributed by atoms with Crippen LogP contribution in [0.4, 0.5) is 0 Å². The average Bonchev–Trinajstić information content (AvgIpc) is 2.69. The second-order valence-electron chi connectivity index (χ2n) is 6.46. The van der Waals surface area contributed by atoms with Crippen molar-refractivity contribution in [3.63, 3.8) is 0 Å². The van der Waals surface area contributed by atoms with Crippen LogP contribution in [0, 0.1) is 0 Å². The van der Waals surface area contributed by atoms with E-state index in [0.29, 0.717) is 0 Å². The molecule has 25 heavy (non-hydrogen) atoms. The molecule has 0 bridgehead atoms. The summed E-state index contributed by atoms with van der Waals surface area (Å²) >= 11 is 0. The Morgan fingerprint density at radius 2 is 1.92 bits per heavy atom. The fraction of sp³-hybridized carbons (Fsp3) is 0.227. The van der Waals surface area contributed by atoms with E-state index in [-0.39, 0.29) is 6.10 Å². The maximum atomic E-state index is 6.09. The smallest absolute Gasteiger partial charge is 0.122 e. The minimum atomic E-state index is 0.247. The molecule has 126 valence electrons. The standard InChI is InChI=1S/C22H22N2O/c1-2-9-22-18(6-1)10-11-21(25-22)16-24-14-17-5-3-7-19(13-17)20-8-4-12-23-15-20/h1-9,12-13,15,21,24H,10-11,14,16H2. The van der Waals surface area contributed by atoms with E-state index in [1.807, 2.05) is 18.3 Å². The van der Waals surface area contributed by atoms with Gasteiger partial charge in [-0.25, -0.2) is 0 Å². The molecule has 3 nitrogen and oxygen atoms in total. The summed E-state index contributed by atoms with van der Waals surface area (Å²) in [5, 5.41) is 3.54. The van der Waals surface area contributed by atoms with Gasteiger partial charge >= 0.3 is 0 Å². The molecule has 0 spiro atoms. The molecule has 2 heterocycles. The van der Waals surface area contributed by atoms with Crippen LogP contribution < -0.4 is 10.1 Å². The maximum Gasteiger partial charge on any atom is 0.122 e. The quantitative estimate of drug-likeness (QED) is 0.760. The third-order valence-electron chi connectivity index (χ3n) is 4.62. The van der Waals surface area contributed by atoms with Gasteiger partial charge in [0.1, 0.15) is 11.9 Å². The maximum absolute atomic E-state index is 6.09. The van der Waals surface area contributed by atoms with Crippen molar-refractivity contribution in [3.05, 3.63) is 84.2 Å². The van der Waals surface area contributed by atoms with Crippen molar-refractivity contribution < 1.29 is 4.74 Å². The number of ether oxygens (including phenoxy) is 1. The van der Waals surface area contributed by atoms with Crippen LogP contribution in [0.15, 0.2) is 73.1 Å². The van der Waals surface area contributed by atoms with Crippen LogP contribution in [0.25, 0.3) is 11.1 Å². The van der Waals surface area contributed by atoms with Gasteiger partial charge in [-0.15, -0.1) is 0 Å². The molecule has 2 aromatic carbocycles. The van der Waals surface area contributed by atoms with E-state index in [2.05, 4.69) is 58.8 Å². The first-order valence-electron chi connectivity index (χ1n) is 8.83. The highest BCUT2D eigenvalue weighted by Gasteiger charge is 2.18. The van der Waals surface area contributed by atoms with Crippen LogP contribution in [0.3, 0.4) is 0 Å². The van der Waals surface area contributed by atoms with Crippen LogP contribution in [0.2, 0.25) is 0 Å². The summed E-state index contributed by atoms with van der Waals surface area (Å²) in [4.78, 5) is 4.20. The Bertz CT molecular complexity index is 832. The van der Waals surface area contributed by atoms with Gasteiger partial charge < -0.3 is 10.1 Å². The average molecular weight is 330 g/mol. The number of nitrogens with zero attached hydrogens (tertiary/aromatic N) is 1. The molecule has 0 radical (unpaired) electrons. The van der Waals surface area contributed by atoms with Crippen LogP contribution in [-0.4, -0.2) is 17.6 Å². The van der Waals surface area contributed by atoms with E-state index in [1.165, 1.54) is 16.7 Å². The van der Waals surface area contributed by atoms with Crippen LogP contribution in [-0.2, 0) is 13.0 Å².